The van der Waals surface area contributed by atoms with Crippen molar-refractivity contribution in [3.05, 3.63) is 70.3 Å². The van der Waals surface area contributed by atoms with Gasteiger partial charge >= 0.3 is 0 Å². The molecule has 2 aromatic rings. The van der Waals surface area contributed by atoms with Gasteiger partial charge in [0.2, 0.25) is 0 Å². The minimum absolute atomic E-state index is 0.215. The maximum atomic E-state index is 12.5. The predicted octanol–water partition coefficient (Wildman–Crippen LogP) is 5.72. The van der Waals surface area contributed by atoms with Crippen LogP contribution in [0.25, 0.3) is 0 Å². The Morgan fingerprint density at radius 3 is 2.21 bits per heavy atom. The summed E-state index contributed by atoms with van der Waals surface area (Å²) in [5.41, 5.74) is 5.34. The van der Waals surface area contributed by atoms with E-state index < -0.39 is 7.80 Å². The van der Waals surface area contributed by atoms with Gasteiger partial charge in [-0.3, -0.25) is 4.79 Å². The molecule has 1 unspecified atom stereocenters. The molecule has 1 atom stereocenters. The molecule has 0 aromatic heterocycles. The normalized spacial score (nSPS) is 12.1. The van der Waals surface area contributed by atoms with E-state index in [1.807, 2.05) is 44.2 Å². The Bertz CT molecular complexity index is 697. The van der Waals surface area contributed by atoms with E-state index in [1.165, 1.54) is 5.56 Å². The van der Waals surface area contributed by atoms with Gasteiger partial charge in [-0.15, -0.1) is 0 Å². The number of carbonyl (C=O) groups excluding carboxylic acids is 1. The summed E-state index contributed by atoms with van der Waals surface area (Å²) in [5.74, 6) is 0.215. The van der Waals surface area contributed by atoms with Crippen molar-refractivity contribution in [3.8, 4) is 0 Å². The first kappa shape index (κ1) is 18.7. The van der Waals surface area contributed by atoms with Gasteiger partial charge in [-0.25, -0.2) is 0 Å². The average Bonchev–Trinajstić information content (AvgIpc) is 2.51. The van der Waals surface area contributed by atoms with Gasteiger partial charge in [0.1, 0.15) is 0 Å². The fourth-order valence-corrected chi connectivity index (χ4v) is 4.78. The Morgan fingerprint density at radius 2 is 1.58 bits per heavy atom. The number of aryl methyl sites for hydroxylation is 3. The lowest BCUT2D eigenvalue weighted by Gasteiger charge is -2.10. The molecule has 0 heterocycles. The SMILES string of the molecule is Cc1cc(C)c(C(=O)CCCC[PH](=O)Cc2ccccc2)c(C)c1. The average molecular weight is 342 g/mol. The molecule has 0 amide bonds. The highest BCUT2D eigenvalue weighted by molar-refractivity contribution is 7.43. The van der Waals surface area contributed by atoms with Crippen molar-refractivity contribution < 1.29 is 9.36 Å². The first-order valence-corrected chi connectivity index (χ1v) is 10.5. The Balaban J connectivity index is 1.78. The molecule has 0 N–H and O–H groups in total. The molecule has 128 valence electrons. The third-order valence-corrected chi connectivity index (χ3v) is 6.02. The van der Waals surface area contributed by atoms with Crippen LogP contribution in [0.2, 0.25) is 0 Å². The van der Waals surface area contributed by atoms with E-state index in [-0.39, 0.29) is 5.78 Å². The second-order valence-electron chi connectivity index (χ2n) is 6.61. The number of unbranched alkanes of at least 4 members (excludes halogenated alkanes) is 1. The van der Waals surface area contributed by atoms with Crippen LogP contribution in [-0.4, -0.2) is 11.9 Å². The third kappa shape index (κ3) is 5.46. The second kappa shape index (κ2) is 8.99. The van der Waals surface area contributed by atoms with Crippen LogP contribution in [0.5, 0.6) is 0 Å². The van der Waals surface area contributed by atoms with Crippen molar-refractivity contribution >= 4 is 13.6 Å². The van der Waals surface area contributed by atoms with Crippen LogP contribution in [0.1, 0.15) is 51.9 Å². The standard InChI is InChI=1S/C21H27O2P/c1-16-13-17(2)21(18(3)14-16)20(22)11-7-8-12-24(23)15-19-9-5-4-6-10-19/h4-6,9-10,13-14,24H,7-8,11-12,15H2,1-3H3. The van der Waals surface area contributed by atoms with Crippen molar-refractivity contribution in [3.63, 3.8) is 0 Å². The predicted molar refractivity (Wildman–Crippen MR) is 103 cm³/mol. The van der Waals surface area contributed by atoms with Crippen molar-refractivity contribution in [2.75, 3.05) is 6.16 Å². The van der Waals surface area contributed by atoms with Crippen LogP contribution in [0.3, 0.4) is 0 Å². The molecular formula is C21H27O2P. The summed E-state index contributed by atoms with van der Waals surface area (Å²) in [4.78, 5) is 12.5. The molecule has 0 bridgehead atoms. The molecule has 2 nitrogen and oxygen atoms in total. The lowest BCUT2D eigenvalue weighted by molar-refractivity contribution is 0.0978. The number of hydrogen-bond acceptors (Lipinski definition) is 2. The van der Waals surface area contributed by atoms with E-state index in [0.29, 0.717) is 12.6 Å². The van der Waals surface area contributed by atoms with Gasteiger partial charge in [-0.2, -0.15) is 0 Å². The van der Waals surface area contributed by atoms with Crippen molar-refractivity contribution in [2.24, 2.45) is 0 Å². The van der Waals surface area contributed by atoms with Crippen LogP contribution in [-0.2, 0) is 10.7 Å². The van der Waals surface area contributed by atoms with Gasteiger partial charge in [-0.05, 0) is 56.5 Å². The van der Waals surface area contributed by atoms with Crippen LogP contribution in [0.4, 0.5) is 0 Å². The van der Waals surface area contributed by atoms with Gasteiger partial charge in [-0.1, -0.05) is 48.0 Å². The summed E-state index contributed by atoms with van der Waals surface area (Å²) >= 11 is 0. The zero-order chi connectivity index (χ0) is 17.5. The zero-order valence-corrected chi connectivity index (χ0v) is 15.9. The maximum Gasteiger partial charge on any atom is 0.163 e. The van der Waals surface area contributed by atoms with Crippen molar-refractivity contribution in [1.29, 1.82) is 0 Å². The number of carbonyl (C=O) groups is 1. The summed E-state index contributed by atoms with van der Waals surface area (Å²) in [7, 11) is -1.59. The summed E-state index contributed by atoms with van der Waals surface area (Å²) in [6, 6.07) is 14.1. The Labute approximate surface area is 146 Å². The van der Waals surface area contributed by atoms with E-state index in [0.717, 1.165) is 41.3 Å². The van der Waals surface area contributed by atoms with Crippen LogP contribution in [0.15, 0.2) is 42.5 Å². The van der Waals surface area contributed by atoms with Crippen LogP contribution < -0.4 is 0 Å². The smallest absolute Gasteiger partial charge is 0.163 e. The highest BCUT2D eigenvalue weighted by Crippen LogP contribution is 2.28. The Hall–Kier alpha value is -1.66. The monoisotopic (exact) mass is 342 g/mol. The van der Waals surface area contributed by atoms with Gasteiger partial charge in [0.25, 0.3) is 0 Å². The molecule has 0 radical (unpaired) electrons. The lowest BCUT2D eigenvalue weighted by atomic mass is 9.94. The van der Waals surface area contributed by atoms with Crippen LogP contribution in [0, 0.1) is 20.8 Å². The molecule has 0 aliphatic heterocycles. The lowest BCUT2D eigenvalue weighted by Crippen LogP contribution is -2.05. The summed E-state index contributed by atoms with van der Waals surface area (Å²) in [5, 5.41) is 0. The number of hydrogen-bond donors (Lipinski definition) is 0. The number of Topliss-reactive ketones (excluding diaryl/α,β-unsaturated/α-hetero) is 1. The first-order chi connectivity index (χ1) is 11.5. The highest BCUT2D eigenvalue weighted by atomic mass is 31.1. The van der Waals surface area contributed by atoms with E-state index >= 15 is 0 Å². The molecule has 2 rings (SSSR count). The van der Waals surface area contributed by atoms with E-state index in [1.54, 1.807) is 0 Å². The molecule has 0 fully saturated rings. The minimum atomic E-state index is -1.59. The number of rotatable bonds is 8. The summed E-state index contributed by atoms with van der Waals surface area (Å²) in [6.07, 6.45) is 3.64. The molecule has 24 heavy (non-hydrogen) atoms. The summed E-state index contributed by atoms with van der Waals surface area (Å²) < 4.78 is 12.2. The van der Waals surface area contributed by atoms with Crippen molar-refractivity contribution in [2.45, 2.75) is 46.2 Å². The third-order valence-electron chi connectivity index (χ3n) is 4.31. The van der Waals surface area contributed by atoms with Gasteiger partial charge in [0.05, 0.1) is 7.80 Å². The fourth-order valence-electron chi connectivity index (χ4n) is 3.26. The molecule has 3 heteroatoms. The summed E-state index contributed by atoms with van der Waals surface area (Å²) in [6.45, 7) is 6.07. The maximum absolute atomic E-state index is 12.5. The van der Waals surface area contributed by atoms with E-state index in [9.17, 15) is 9.36 Å². The van der Waals surface area contributed by atoms with Crippen molar-refractivity contribution in [1.82, 2.24) is 0 Å². The van der Waals surface area contributed by atoms with Gasteiger partial charge < -0.3 is 4.57 Å². The molecule has 0 saturated carbocycles. The number of ketones is 1. The van der Waals surface area contributed by atoms with Gasteiger partial charge in [0.15, 0.2) is 5.78 Å². The van der Waals surface area contributed by atoms with E-state index in [4.69, 9.17) is 0 Å². The molecule has 0 aliphatic carbocycles. The highest BCUT2D eigenvalue weighted by Gasteiger charge is 2.12. The molecule has 0 spiro atoms. The first-order valence-electron chi connectivity index (χ1n) is 8.64. The Kier molecular flexibility index (Phi) is 6.99. The van der Waals surface area contributed by atoms with Gasteiger partial charge in [0, 0.05) is 18.1 Å². The zero-order valence-electron chi connectivity index (χ0n) is 14.9. The van der Waals surface area contributed by atoms with E-state index in [2.05, 4.69) is 19.1 Å². The molecule has 0 aliphatic rings. The topological polar surface area (TPSA) is 34.1 Å². The molecular weight excluding hydrogens is 315 g/mol. The fraction of sp³-hybridized carbons (Fsp3) is 0.381. The molecule has 2 aromatic carbocycles. The molecule has 0 saturated heterocycles. The van der Waals surface area contributed by atoms with Crippen LogP contribution >= 0.6 is 7.80 Å². The minimum Gasteiger partial charge on any atom is -0.326 e. The second-order valence-corrected chi connectivity index (χ2v) is 8.54. The number of benzene rings is 2. The largest absolute Gasteiger partial charge is 0.326 e. The quantitative estimate of drug-likeness (QED) is 0.349. The Morgan fingerprint density at radius 1 is 0.958 bits per heavy atom.